The monoisotopic (exact) mass is 352 g/mol. The Kier molecular flexibility index (Phi) is 3.78. The largest absolute Gasteiger partial charge is 0.459 e. The molecule has 1 amide bonds. The Morgan fingerprint density at radius 2 is 2.04 bits per heavy atom. The van der Waals surface area contributed by atoms with Crippen molar-refractivity contribution in [2.75, 3.05) is 5.32 Å². The predicted molar refractivity (Wildman–Crippen MR) is 95.9 cm³/mol. The van der Waals surface area contributed by atoms with Gasteiger partial charge in [-0.3, -0.25) is 4.79 Å². The van der Waals surface area contributed by atoms with Crippen molar-refractivity contribution in [3.63, 3.8) is 0 Å². The second kappa shape index (κ2) is 6.11. The normalized spacial score (nSPS) is 11.0. The number of amides is 1. The average molecular weight is 353 g/mol. The van der Waals surface area contributed by atoms with Crippen LogP contribution in [-0.4, -0.2) is 10.9 Å². The first-order chi connectivity index (χ1) is 12.1. The van der Waals surface area contributed by atoms with Crippen molar-refractivity contribution in [1.82, 2.24) is 4.98 Å². The lowest BCUT2D eigenvalue weighted by atomic mass is 10.1. The molecule has 0 radical (unpaired) electrons. The van der Waals surface area contributed by atoms with E-state index in [0.717, 1.165) is 11.1 Å². The van der Waals surface area contributed by atoms with Crippen LogP contribution < -0.4 is 5.32 Å². The quantitative estimate of drug-likeness (QED) is 0.543. The van der Waals surface area contributed by atoms with Crippen LogP contribution in [0.1, 0.15) is 16.1 Å². The number of hydrogen-bond acceptors (Lipinski definition) is 4. The zero-order valence-corrected chi connectivity index (χ0v) is 14.0. The van der Waals surface area contributed by atoms with E-state index in [2.05, 4.69) is 10.3 Å². The molecule has 0 atom stereocenters. The van der Waals surface area contributed by atoms with E-state index >= 15 is 0 Å². The number of aromatic nitrogens is 1. The van der Waals surface area contributed by atoms with Crippen LogP contribution in [0.4, 0.5) is 5.69 Å². The third-order valence-electron chi connectivity index (χ3n) is 3.81. The number of aryl methyl sites for hydroxylation is 1. The van der Waals surface area contributed by atoms with Crippen LogP contribution in [0.2, 0.25) is 5.02 Å². The summed E-state index contributed by atoms with van der Waals surface area (Å²) in [6, 6.07) is 14.2. The molecule has 0 bridgehead atoms. The van der Waals surface area contributed by atoms with Gasteiger partial charge in [0.15, 0.2) is 11.3 Å². The summed E-state index contributed by atoms with van der Waals surface area (Å²) in [5.41, 5.74) is 3.67. The van der Waals surface area contributed by atoms with Crippen molar-refractivity contribution < 1.29 is 13.6 Å². The van der Waals surface area contributed by atoms with E-state index in [0.29, 0.717) is 27.7 Å². The summed E-state index contributed by atoms with van der Waals surface area (Å²) < 4.78 is 10.9. The number of nitrogens with zero attached hydrogens (tertiary/aromatic N) is 1. The van der Waals surface area contributed by atoms with Crippen LogP contribution >= 0.6 is 11.6 Å². The standard InChI is InChI=1S/C19H13ClN2O3/c1-11-4-5-12(9-14(11)20)19-22-15-10-13(6-7-16(15)25-19)21-18(23)17-3-2-8-24-17/h2-10H,1H3,(H,21,23). The van der Waals surface area contributed by atoms with Gasteiger partial charge in [-0.1, -0.05) is 17.7 Å². The van der Waals surface area contributed by atoms with E-state index in [4.69, 9.17) is 20.4 Å². The number of furan rings is 1. The van der Waals surface area contributed by atoms with E-state index in [1.165, 1.54) is 6.26 Å². The third-order valence-corrected chi connectivity index (χ3v) is 4.22. The third kappa shape index (κ3) is 3.02. The van der Waals surface area contributed by atoms with Crippen molar-refractivity contribution in [1.29, 1.82) is 0 Å². The van der Waals surface area contributed by atoms with E-state index in [-0.39, 0.29) is 11.7 Å². The van der Waals surface area contributed by atoms with Crippen LogP contribution in [0.15, 0.2) is 63.6 Å². The average Bonchev–Trinajstić information content (AvgIpc) is 3.26. The fourth-order valence-electron chi connectivity index (χ4n) is 2.46. The summed E-state index contributed by atoms with van der Waals surface area (Å²) in [5, 5.41) is 3.43. The van der Waals surface area contributed by atoms with Gasteiger partial charge < -0.3 is 14.2 Å². The lowest BCUT2D eigenvalue weighted by Crippen LogP contribution is -2.10. The summed E-state index contributed by atoms with van der Waals surface area (Å²) in [4.78, 5) is 16.5. The smallest absolute Gasteiger partial charge is 0.291 e. The number of nitrogens with one attached hydrogen (secondary N) is 1. The number of benzene rings is 2. The lowest BCUT2D eigenvalue weighted by Gasteiger charge is -2.01. The molecule has 1 N–H and O–H groups in total. The molecule has 25 heavy (non-hydrogen) atoms. The maximum Gasteiger partial charge on any atom is 0.291 e. The van der Waals surface area contributed by atoms with Gasteiger partial charge in [-0.05, 0) is 55.0 Å². The van der Waals surface area contributed by atoms with Gasteiger partial charge in [-0.25, -0.2) is 4.98 Å². The summed E-state index contributed by atoms with van der Waals surface area (Å²) in [5.74, 6) is 0.403. The summed E-state index contributed by atoms with van der Waals surface area (Å²) in [6.45, 7) is 1.94. The number of halogens is 1. The highest BCUT2D eigenvalue weighted by Crippen LogP contribution is 2.29. The molecule has 4 aromatic rings. The van der Waals surface area contributed by atoms with E-state index in [1.54, 1.807) is 30.3 Å². The van der Waals surface area contributed by atoms with Crippen molar-refractivity contribution in [2.45, 2.75) is 6.92 Å². The van der Waals surface area contributed by atoms with E-state index < -0.39 is 0 Å². The Morgan fingerprint density at radius 1 is 1.16 bits per heavy atom. The second-order valence-corrected chi connectivity index (χ2v) is 6.00. The minimum Gasteiger partial charge on any atom is -0.459 e. The number of carbonyl (C=O) groups excluding carboxylic acids is 1. The maximum absolute atomic E-state index is 12.0. The molecule has 0 unspecified atom stereocenters. The molecule has 6 heteroatoms. The number of fused-ring (bicyclic) bond motifs is 1. The fraction of sp³-hybridized carbons (Fsp3) is 0.0526. The highest BCUT2D eigenvalue weighted by molar-refractivity contribution is 6.31. The van der Waals surface area contributed by atoms with Gasteiger partial charge in [0.1, 0.15) is 5.52 Å². The van der Waals surface area contributed by atoms with Crippen LogP contribution in [0.25, 0.3) is 22.6 Å². The molecule has 0 saturated heterocycles. The first-order valence-electron chi connectivity index (χ1n) is 7.62. The highest BCUT2D eigenvalue weighted by atomic mass is 35.5. The molecular weight excluding hydrogens is 340 g/mol. The first-order valence-corrected chi connectivity index (χ1v) is 8.00. The molecule has 0 spiro atoms. The van der Waals surface area contributed by atoms with Gasteiger partial charge >= 0.3 is 0 Å². The molecular formula is C19H13ClN2O3. The Balaban J connectivity index is 1.65. The molecule has 0 fully saturated rings. The van der Waals surface area contributed by atoms with Gasteiger partial charge in [-0.15, -0.1) is 0 Å². The lowest BCUT2D eigenvalue weighted by molar-refractivity contribution is 0.0996. The van der Waals surface area contributed by atoms with Crippen molar-refractivity contribution in [3.8, 4) is 11.5 Å². The van der Waals surface area contributed by atoms with Gasteiger partial charge in [0.2, 0.25) is 5.89 Å². The number of rotatable bonds is 3. The van der Waals surface area contributed by atoms with E-state index in [1.807, 2.05) is 25.1 Å². The van der Waals surface area contributed by atoms with Crippen LogP contribution in [-0.2, 0) is 0 Å². The number of hydrogen-bond donors (Lipinski definition) is 1. The fourth-order valence-corrected chi connectivity index (χ4v) is 2.64. The molecule has 5 nitrogen and oxygen atoms in total. The number of oxazole rings is 1. The minimum atomic E-state index is -0.321. The van der Waals surface area contributed by atoms with Crippen LogP contribution in [0.3, 0.4) is 0 Å². The van der Waals surface area contributed by atoms with Crippen molar-refractivity contribution in [3.05, 3.63) is 71.1 Å². The van der Waals surface area contributed by atoms with Gasteiger partial charge in [0.05, 0.1) is 6.26 Å². The summed E-state index contributed by atoms with van der Waals surface area (Å²) in [7, 11) is 0. The molecule has 0 aliphatic carbocycles. The Bertz CT molecular complexity index is 1070. The van der Waals surface area contributed by atoms with Gasteiger partial charge in [-0.2, -0.15) is 0 Å². The number of carbonyl (C=O) groups is 1. The van der Waals surface area contributed by atoms with Crippen molar-refractivity contribution >= 4 is 34.3 Å². The SMILES string of the molecule is Cc1ccc(-c2nc3cc(NC(=O)c4ccco4)ccc3o2)cc1Cl. The minimum absolute atomic E-state index is 0.246. The first kappa shape index (κ1) is 15.5. The predicted octanol–water partition coefficient (Wildman–Crippen LogP) is 5.30. The topological polar surface area (TPSA) is 68.3 Å². The molecule has 0 aliphatic rings. The van der Waals surface area contributed by atoms with Crippen LogP contribution in [0, 0.1) is 6.92 Å². The van der Waals surface area contributed by atoms with Gasteiger partial charge in [0, 0.05) is 16.3 Å². The molecule has 124 valence electrons. The maximum atomic E-state index is 12.0. The Morgan fingerprint density at radius 3 is 2.80 bits per heavy atom. The molecule has 0 saturated carbocycles. The highest BCUT2D eigenvalue weighted by Gasteiger charge is 2.12. The van der Waals surface area contributed by atoms with E-state index in [9.17, 15) is 4.79 Å². The molecule has 2 heterocycles. The zero-order valence-electron chi connectivity index (χ0n) is 13.2. The summed E-state index contributed by atoms with van der Waals surface area (Å²) >= 11 is 6.17. The van der Waals surface area contributed by atoms with Crippen LogP contribution in [0.5, 0.6) is 0 Å². The summed E-state index contributed by atoms with van der Waals surface area (Å²) in [6.07, 6.45) is 1.45. The molecule has 2 aromatic heterocycles. The van der Waals surface area contributed by atoms with Gasteiger partial charge in [0.25, 0.3) is 5.91 Å². The molecule has 2 aromatic carbocycles. The Hall–Kier alpha value is -3.05. The second-order valence-electron chi connectivity index (χ2n) is 5.60. The van der Waals surface area contributed by atoms with Crippen molar-refractivity contribution in [2.24, 2.45) is 0 Å². The zero-order chi connectivity index (χ0) is 17.4. The molecule has 0 aliphatic heterocycles. The Labute approximate surface area is 148 Å². The number of anilines is 1. The molecule has 4 rings (SSSR count).